The van der Waals surface area contributed by atoms with Crippen molar-refractivity contribution in [1.82, 2.24) is 4.98 Å². The van der Waals surface area contributed by atoms with E-state index in [4.69, 9.17) is 0 Å². The third kappa shape index (κ3) is 2.23. The van der Waals surface area contributed by atoms with Gasteiger partial charge in [0.25, 0.3) is 0 Å². The van der Waals surface area contributed by atoms with Crippen molar-refractivity contribution in [2.75, 3.05) is 0 Å². The van der Waals surface area contributed by atoms with Gasteiger partial charge in [-0.25, -0.2) is 4.39 Å². The van der Waals surface area contributed by atoms with Crippen LogP contribution in [0.25, 0.3) is 0 Å². The van der Waals surface area contributed by atoms with Gasteiger partial charge in [0.1, 0.15) is 17.1 Å². The van der Waals surface area contributed by atoms with Gasteiger partial charge in [-0.2, -0.15) is 0 Å². The number of aryl methyl sites for hydroxylation is 1. The van der Waals surface area contributed by atoms with Crippen LogP contribution in [0, 0.1) is 12.7 Å². The average molecular weight is 283 g/mol. The lowest BCUT2D eigenvalue weighted by molar-refractivity contribution is -0.00106. The van der Waals surface area contributed by atoms with Crippen LogP contribution in [-0.4, -0.2) is 24.8 Å². The van der Waals surface area contributed by atoms with Crippen molar-refractivity contribution >= 4 is 10.8 Å². The van der Waals surface area contributed by atoms with Crippen molar-refractivity contribution < 1.29 is 13.7 Å². The Morgan fingerprint density at radius 2 is 2.00 bits per heavy atom. The van der Waals surface area contributed by atoms with Crippen LogP contribution in [-0.2, 0) is 16.4 Å². The maximum Gasteiger partial charge on any atom is 0.147 e. The van der Waals surface area contributed by atoms with Crippen LogP contribution in [0.5, 0.6) is 0 Å². The van der Waals surface area contributed by atoms with E-state index in [2.05, 4.69) is 4.98 Å². The lowest BCUT2D eigenvalue weighted by Crippen LogP contribution is -2.48. The van der Waals surface area contributed by atoms with E-state index in [1.54, 1.807) is 13.0 Å². The third-order valence-corrected chi connectivity index (χ3v) is 6.38. The van der Waals surface area contributed by atoms with Crippen LogP contribution in [0.3, 0.4) is 0 Å². The maximum absolute atomic E-state index is 14.0. The highest BCUT2D eigenvalue weighted by Gasteiger charge is 2.48. The second-order valence-corrected chi connectivity index (χ2v) is 7.72. The molecule has 0 aromatic carbocycles. The van der Waals surface area contributed by atoms with Gasteiger partial charge in [0.05, 0.1) is 0 Å². The molecule has 1 aromatic heterocycles. The molecule has 2 bridgehead atoms. The highest BCUT2D eigenvalue weighted by molar-refractivity contribution is 7.86. The van der Waals surface area contributed by atoms with Gasteiger partial charge < -0.3 is 5.11 Å². The van der Waals surface area contributed by atoms with E-state index < -0.39 is 22.2 Å². The van der Waals surface area contributed by atoms with Gasteiger partial charge in [-0.1, -0.05) is 6.42 Å². The Balaban J connectivity index is 1.99. The van der Waals surface area contributed by atoms with Crippen molar-refractivity contribution in [3.8, 4) is 0 Å². The summed E-state index contributed by atoms with van der Waals surface area (Å²) in [5, 5.41) is 10.8. The second kappa shape index (κ2) is 4.63. The van der Waals surface area contributed by atoms with Crippen molar-refractivity contribution in [3.63, 3.8) is 0 Å². The van der Waals surface area contributed by atoms with Crippen molar-refractivity contribution in [2.24, 2.45) is 0 Å². The minimum atomic E-state index is -1.25. The maximum atomic E-state index is 14.0. The van der Waals surface area contributed by atoms with Gasteiger partial charge in [-0.15, -0.1) is 0 Å². The number of pyridine rings is 1. The lowest BCUT2D eigenvalue weighted by Gasteiger charge is -2.43. The van der Waals surface area contributed by atoms with Gasteiger partial charge in [-0.3, -0.25) is 9.19 Å². The molecular formula is C14H18FNO2S. The molecule has 104 valence electrons. The van der Waals surface area contributed by atoms with Crippen LogP contribution >= 0.6 is 0 Å². The smallest absolute Gasteiger partial charge is 0.147 e. The molecule has 0 saturated carbocycles. The Labute approximate surface area is 114 Å². The number of nitrogens with zero attached hydrogens (tertiary/aromatic N) is 1. The van der Waals surface area contributed by atoms with E-state index in [0.29, 0.717) is 18.5 Å². The first-order chi connectivity index (χ1) is 8.99. The number of hydrogen-bond donors (Lipinski definition) is 1. The Morgan fingerprint density at radius 1 is 1.37 bits per heavy atom. The largest absolute Gasteiger partial charge is 0.383 e. The van der Waals surface area contributed by atoms with Gasteiger partial charge in [0.15, 0.2) is 0 Å². The van der Waals surface area contributed by atoms with Gasteiger partial charge in [0.2, 0.25) is 0 Å². The molecule has 2 aliphatic heterocycles. The first kappa shape index (κ1) is 13.2. The number of halogens is 1. The molecule has 19 heavy (non-hydrogen) atoms. The Morgan fingerprint density at radius 3 is 2.63 bits per heavy atom. The van der Waals surface area contributed by atoms with E-state index in [0.717, 1.165) is 19.3 Å². The molecule has 2 saturated heterocycles. The molecule has 0 aliphatic carbocycles. The highest BCUT2D eigenvalue weighted by atomic mass is 32.2. The van der Waals surface area contributed by atoms with Crippen LogP contribution < -0.4 is 0 Å². The predicted octanol–water partition coefficient (Wildman–Crippen LogP) is 2.18. The number of rotatable bonds is 1. The van der Waals surface area contributed by atoms with E-state index in [-0.39, 0.29) is 16.2 Å². The molecule has 3 heterocycles. The van der Waals surface area contributed by atoms with Gasteiger partial charge >= 0.3 is 0 Å². The summed E-state index contributed by atoms with van der Waals surface area (Å²) >= 11 is 0. The highest BCUT2D eigenvalue weighted by Crippen LogP contribution is 2.44. The van der Waals surface area contributed by atoms with Crippen LogP contribution in [0.2, 0.25) is 0 Å². The predicted molar refractivity (Wildman–Crippen MR) is 71.6 cm³/mol. The molecule has 2 unspecified atom stereocenters. The number of fused-ring (bicyclic) bond motifs is 2. The SMILES string of the molecule is Cc1ccc(F)c(C2(O)CC3CCCC(C2)S3=O)n1. The third-order valence-electron chi connectivity index (χ3n) is 4.27. The molecule has 1 aromatic rings. The molecule has 0 amide bonds. The number of aliphatic hydroxyl groups is 1. The van der Waals surface area contributed by atoms with Crippen LogP contribution in [0.4, 0.5) is 4.39 Å². The van der Waals surface area contributed by atoms with Crippen molar-refractivity contribution in [1.29, 1.82) is 0 Å². The minimum Gasteiger partial charge on any atom is -0.383 e. The fourth-order valence-electron chi connectivity index (χ4n) is 3.34. The molecule has 3 rings (SSSR count). The molecule has 5 heteroatoms. The Hall–Kier alpha value is -0.810. The zero-order valence-electron chi connectivity index (χ0n) is 10.9. The van der Waals surface area contributed by atoms with E-state index in [1.165, 1.54) is 6.07 Å². The molecule has 2 atom stereocenters. The normalized spacial score (nSPS) is 38.2. The Bertz CT molecular complexity index is 518. The molecule has 3 nitrogen and oxygen atoms in total. The molecule has 2 fully saturated rings. The zero-order valence-corrected chi connectivity index (χ0v) is 11.8. The van der Waals surface area contributed by atoms with E-state index >= 15 is 0 Å². The first-order valence-electron chi connectivity index (χ1n) is 6.75. The molecular weight excluding hydrogens is 265 g/mol. The Kier molecular flexibility index (Phi) is 3.21. The van der Waals surface area contributed by atoms with Crippen molar-refractivity contribution in [2.45, 2.75) is 55.1 Å². The summed E-state index contributed by atoms with van der Waals surface area (Å²) < 4.78 is 26.1. The minimum absolute atomic E-state index is 0.0146. The molecule has 1 N–H and O–H groups in total. The second-order valence-electron chi connectivity index (χ2n) is 5.73. The number of hydrogen-bond acceptors (Lipinski definition) is 3. The van der Waals surface area contributed by atoms with Gasteiger partial charge in [0, 0.05) is 27.0 Å². The van der Waals surface area contributed by atoms with Gasteiger partial charge in [-0.05, 0) is 44.7 Å². The van der Waals surface area contributed by atoms with Crippen molar-refractivity contribution in [3.05, 3.63) is 29.3 Å². The summed E-state index contributed by atoms with van der Waals surface area (Å²) in [6, 6.07) is 2.96. The summed E-state index contributed by atoms with van der Waals surface area (Å²) in [6.07, 6.45) is 3.51. The van der Waals surface area contributed by atoms with E-state index in [9.17, 15) is 13.7 Å². The first-order valence-corrected chi connectivity index (χ1v) is 8.02. The standard InChI is InChI=1S/C14H18FNO2S/c1-9-5-6-12(15)13(16-9)14(17)7-10-3-2-4-11(8-14)19(10)18/h5-6,10-11,17H,2-4,7-8H2,1H3. The van der Waals surface area contributed by atoms with E-state index in [1.807, 2.05) is 0 Å². The fraction of sp³-hybridized carbons (Fsp3) is 0.643. The summed E-state index contributed by atoms with van der Waals surface area (Å²) in [6.45, 7) is 1.79. The quantitative estimate of drug-likeness (QED) is 0.859. The molecule has 0 radical (unpaired) electrons. The van der Waals surface area contributed by atoms with Crippen LogP contribution in [0.15, 0.2) is 12.1 Å². The van der Waals surface area contributed by atoms with Crippen LogP contribution in [0.1, 0.15) is 43.5 Å². The zero-order chi connectivity index (χ0) is 13.6. The lowest BCUT2D eigenvalue weighted by atomic mass is 9.82. The summed E-state index contributed by atoms with van der Waals surface area (Å²) in [5.41, 5.74) is -0.414. The number of aromatic nitrogens is 1. The topological polar surface area (TPSA) is 50.2 Å². The monoisotopic (exact) mass is 283 g/mol. The summed E-state index contributed by atoms with van der Waals surface area (Å²) in [4.78, 5) is 4.20. The average Bonchev–Trinajstić information content (AvgIpc) is 2.34. The summed E-state index contributed by atoms with van der Waals surface area (Å²) in [7, 11) is -0.879. The summed E-state index contributed by atoms with van der Waals surface area (Å²) in [5.74, 6) is -0.459. The molecule has 2 aliphatic rings. The fourth-order valence-corrected chi connectivity index (χ4v) is 5.56. The molecule has 0 spiro atoms.